The average Bonchev–Trinajstić information content (AvgIpc) is 3.21. The standard InChI is InChI=1S/C33H40BNO5/c1-3-21(18-22-14-15-28(36)25-12-8-7-11-24(22)25)13-16-29-30-20(2)17-26-31(27(30)19-34(39)40-29)33(38)35(32(26)37)23-9-5-4-6-10-23/h7-8,11-12,14-15,18,23,26-27,29,31,36,39H,3-6,9-10,13,16-17,19H2,1-2H3/b21-18+/t26-,27+,29-,31-/m1/s1. The van der Waals surface area contributed by atoms with Gasteiger partial charge < -0.3 is 14.8 Å². The van der Waals surface area contributed by atoms with Crippen molar-refractivity contribution in [3.8, 4) is 5.75 Å². The molecule has 1 saturated carbocycles. The highest BCUT2D eigenvalue weighted by molar-refractivity contribution is 6.43. The van der Waals surface area contributed by atoms with Crippen LogP contribution in [0, 0.1) is 17.8 Å². The van der Waals surface area contributed by atoms with Crippen LogP contribution in [0.2, 0.25) is 6.32 Å². The fourth-order valence-corrected chi connectivity index (χ4v) is 7.96. The Bertz CT molecular complexity index is 1380. The van der Waals surface area contributed by atoms with Gasteiger partial charge in [0.15, 0.2) is 0 Å². The molecule has 0 bridgehead atoms. The smallest absolute Gasteiger partial charge is 0.455 e. The Morgan fingerprint density at radius 3 is 2.55 bits per heavy atom. The number of fused-ring (bicyclic) bond motifs is 4. The van der Waals surface area contributed by atoms with Gasteiger partial charge in [-0.3, -0.25) is 14.5 Å². The number of rotatable bonds is 6. The second-order valence-electron chi connectivity index (χ2n) is 12.2. The van der Waals surface area contributed by atoms with Gasteiger partial charge in [-0.15, -0.1) is 0 Å². The molecule has 2 aliphatic carbocycles. The number of benzene rings is 2. The van der Waals surface area contributed by atoms with Crippen molar-refractivity contribution in [2.75, 3.05) is 0 Å². The predicted molar refractivity (Wildman–Crippen MR) is 157 cm³/mol. The van der Waals surface area contributed by atoms with Gasteiger partial charge in [0.2, 0.25) is 11.8 Å². The molecule has 0 unspecified atom stereocenters. The maximum absolute atomic E-state index is 13.8. The number of carbonyl (C=O) groups is 2. The van der Waals surface area contributed by atoms with Gasteiger partial charge in [0.05, 0.1) is 17.9 Å². The first-order valence-corrected chi connectivity index (χ1v) is 15.2. The van der Waals surface area contributed by atoms with Crippen molar-refractivity contribution in [1.82, 2.24) is 4.90 Å². The van der Waals surface area contributed by atoms with E-state index in [1.807, 2.05) is 30.3 Å². The van der Waals surface area contributed by atoms with Crippen LogP contribution >= 0.6 is 0 Å². The molecule has 0 radical (unpaired) electrons. The number of amides is 2. The van der Waals surface area contributed by atoms with Crippen molar-refractivity contribution >= 4 is 35.8 Å². The third kappa shape index (κ3) is 4.81. The van der Waals surface area contributed by atoms with E-state index in [4.69, 9.17) is 4.65 Å². The molecule has 6 nitrogen and oxygen atoms in total. The molecule has 2 aliphatic heterocycles. The van der Waals surface area contributed by atoms with Crippen molar-refractivity contribution in [3.05, 3.63) is 58.7 Å². The number of likely N-dealkylation sites (tertiary alicyclic amines) is 1. The number of imide groups is 1. The minimum Gasteiger partial charge on any atom is -0.507 e. The summed E-state index contributed by atoms with van der Waals surface area (Å²) in [6.07, 6.45) is 10.4. The van der Waals surface area contributed by atoms with Crippen LogP contribution in [0.15, 0.2) is 53.1 Å². The van der Waals surface area contributed by atoms with E-state index in [0.717, 1.165) is 66.0 Å². The molecule has 2 saturated heterocycles. The average molecular weight is 541 g/mol. The highest BCUT2D eigenvalue weighted by Gasteiger charge is 2.57. The van der Waals surface area contributed by atoms with Crippen LogP contribution in [0.1, 0.15) is 77.2 Å². The molecule has 40 heavy (non-hydrogen) atoms. The quantitative estimate of drug-likeness (QED) is 0.256. The third-order valence-electron chi connectivity index (χ3n) is 9.90. The lowest BCUT2D eigenvalue weighted by molar-refractivity contribution is -0.143. The van der Waals surface area contributed by atoms with E-state index in [0.29, 0.717) is 19.2 Å². The van der Waals surface area contributed by atoms with Crippen molar-refractivity contribution in [3.63, 3.8) is 0 Å². The summed E-state index contributed by atoms with van der Waals surface area (Å²) < 4.78 is 6.14. The summed E-state index contributed by atoms with van der Waals surface area (Å²) in [4.78, 5) is 29.0. The topological polar surface area (TPSA) is 87.1 Å². The SMILES string of the molecule is CC/C(=C\c1ccc(O)c2ccccc12)CC[C@H]1OB(O)C[C@H]2C1=C(C)C[C@H]1C(=O)N(C3CCCCC3)C(=O)[C@H]12. The molecular weight excluding hydrogens is 501 g/mol. The largest absolute Gasteiger partial charge is 0.507 e. The monoisotopic (exact) mass is 541 g/mol. The first kappa shape index (κ1) is 27.3. The lowest BCUT2D eigenvalue weighted by Gasteiger charge is -2.42. The highest BCUT2D eigenvalue weighted by Crippen LogP contribution is 2.51. The normalized spacial score (nSPS) is 27.9. The Morgan fingerprint density at radius 1 is 1.05 bits per heavy atom. The molecule has 2 N–H and O–H groups in total. The number of hydrogen-bond donors (Lipinski definition) is 2. The third-order valence-corrected chi connectivity index (χ3v) is 9.90. The van der Waals surface area contributed by atoms with Gasteiger partial charge >= 0.3 is 7.12 Å². The van der Waals surface area contributed by atoms with Gasteiger partial charge in [-0.1, -0.05) is 73.7 Å². The molecule has 2 aromatic carbocycles. The van der Waals surface area contributed by atoms with E-state index in [-0.39, 0.29) is 47.5 Å². The Kier molecular flexibility index (Phi) is 7.62. The second kappa shape index (κ2) is 11.2. The lowest BCUT2D eigenvalue weighted by atomic mass is 9.58. The minimum absolute atomic E-state index is 0.00941. The first-order valence-electron chi connectivity index (χ1n) is 15.2. The molecule has 4 atom stereocenters. The second-order valence-corrected chi connectivity index (χ2v) is 12.2. The minimum atomic E-state index is -0.938. The summed E-state index contributed by atoms with van der Waals surface area (Å²) in [6, 6.07) is 11.6. The zero-order valence-electron chi connectivity index (χ0n) is 23.6. The fraction of sp³-hybridized carbons (Fsp3) is 0.515. The molecule has 3 fully saturated rings. The Labute approximate surface area is 237 Å². The summed E-state index contributed by atoms with van der Waals surface area (Å²) >= 11 is 0. The van der Waals surface area contributed by atoms with E-state index in [2.05, 4.69) is 19.9 Å². The van der Waals surface area contributed by atoms with Gasteiger partial charge in [-0.25, -0.2) is 0 Å². The van der Waals surface area contributed by atoms with Gasteiger partial charge in [-0.2, -0.15) is 0 Å². The molecule has 0 aromatic heterocycles. The van der Waals surface area contributed by atoms with Crippen LogP contribution in [-0.4, -0.2) is 46.1 Å². The zero-order chi connectivity index (χ0) is 28.0. The Morgan fingerprint density at radius 2 is 1.80 bits per heavy atom. The van der Waals surface area contributed by atoms with Gasteiger partial charge in [0.1, 0.15) is 5.75 Å². The molecule has 210 valence electrons. The maximum Gasteiger partial charge on any atom is 0.455 e. The van der Waals surface area contributed by atoms with Crippen LogP contribution < -0.4 is 0 Å². The van der Waals surface area contributed by atoms with E-state index in [1.165, 1.54) is 12.0 Å². The van der Waals surface area contributed by atoms with E-state index in [1.54, 1.807) is 11.0 Å². The van der Waals surface area contributed by atoms with Gasteiger partial charge in [-0.05, 0) is 80.3 Å². The molecular formula is C33H40BNO5. The molecule has 4 aliphatic rings. The van der Waals surface area contributed by atoms with Crippen LogP contribution in [0.3, 0.4) is 0 Å². The number of phenols is 1. The van der Waals surface area contributed by atoms with Crippen LogP contribution in [-0.2, 0) is 14.2 Å². The van der Waals surface area contributed by atoms with Crippen LogP contribution in [0.5, 0.6) is 5.75 Å². The molecule has 2 amide bonds. The number of phenolic OH excluding ortho intramolecular Hbond substituents is 1. The van der Waals surface area contributed by atoms with E-state index >= 15 is 0 Å². The summed E-state index contributed by atoms with van der Waals surface area (Å²) in [5.41, 5.74) is 4.63. The van der Waals surface area contributed by atoms with Crippen LogP contribution in [0.25, 0.3) is 16.8 Å². The van der Waals surface area contributed by atoms with Crippen molar-refractivity contribution in [1.29, 1.82) is 0 Å². The van der Waals surface area contributed by atoms with Crippen molar-refractivity contribution in [2.45, 2.75) is 90.1 Å². The number of carbonyl (C=O) groups excluding carboxylic acids is 2. The summed E-state index contributed by atoms with van der Waals surface area (Å²) in [6.45, 7) is 4.24. The summed E-state index contributed by atoms with van der Waals surface area (Å²) in [5, 5.41) is 22.9. The van der Waals surface area contributed by atoms with Crippen LogP contribution in [0.4, 0.5) is 0 Å². The number of allylic oxidation sites excluding steroid dienone is 2. The lowest BCUT2D eigenvalue weighted by Crippen LogP contribution is -2.46. The molecule has 0 spiro atoms. The van der Waals surface area contributed by atoms with Gasteiger partial charge in [0.25, 0.3) is 0 Å². The maximum atomic E-state index is 13.8. The zero-order valence-corrected chi connectivity index (χ0v) is 23.6. The Hall–Kier alpha value is -2.90. The number of nitrogens with zero attached hydrogens (tertiary/aromatic N) is 1. The first-order chi connectivity index (χ1) is 19.4. The van der Waals surface area contributed by atoms with E-state index < -0.39 is 7.12 Å². The molecule has 2 aromatic rings. The van der Waals surface area contributed by atoms with Gasteiger partial charge in [0, 0.05) is 11.4 Å². The Balaban J connectivity index is 1.24. The number of aromatic hydroxyl groups is 1. The molecule has 6 rings (SSSR count). The van der Waals surface area contributed by atoms with E-state index in [9.17, 15) is 19.7 Å². The summed E-state index contributed by atoms with van der Waals surface area (Å²) in [5.74, 6) is -0.552. The van der Waals surface area contributed by atoms with Crippen molar-refractivity contribution in [2.24, 2.45) is 17.8 Å². The predicted octanol–water partition coefficient (Wildman–Crippen LogP) is 6.27. The van der Waals surface area contributed by atoms with Crippen molar-refractivity contribution < 1.29 is 24.4 Å². The summed E-state index contributed by atoms with van der Waals surface area (Å²) in [7, 11) is -0.938. The fourth-order valence-electron chi connectivity index (χ4n) is 7.96. The molecule has 7 heteroatoms. The highest BCUT2D eigenvalue weighted by atomic mass is 16.5. The molecule has 2 heterocycles. The number of hydrogen-bond acceptors (Lipinski definition) is 5.